The van der Waals surface area contributed by atoms with Crippen LogP contribution >= 0.6 is 15.9 Å². The average molecular weight is 486 g/mol. The quantitative estimate of drug-likeness (QED) is 0.220. The SMILES string of the molecule is C#CCOc1c(Br)cc(/C=N/NC(=O)c2cc3cc([N+](=O)[O-])ccc3o2)cc1OCC. The molecule has 0 unspecified atom stereocenters. The first kappa shape index (κ1) is 21.9. The van der Waals surface area contributed by atoms with Crippen LogP contribution in [0.2, 0.25) is 0 Å². The number of hydrogen-bond acceptors (Lipinski definition) is 7. The number of hydrazone groups is 1. The number of ether oxygens (including phenoxy) is 2. The van der Waals surface area contributed by atoms with Gasteiger partial charge in [0.15, 0.2) is 17.3 Å². The number of rotatable bonds is 8. The molecule has 158 valence electrons. The van der Waals surface area contributed by atoms with Gasteiger partial charge in [-0.05, 0) is 52.7 Å². The number of amides is 1. The molecule has 0 aliphatic rings. The Labute approximate surface area is 185 Å². The molecule has 31 heavy (non-hydrogen) atoms. The number of hydrogen-bond donors (Lipinski definition) is 1. The fourth-order valence-corrected chi connectivity index (χ4v) is 3.23. The predicted octanol–water partition coefficient (Wildman–Crippen LogP) is 4.28. The number of carbonyl (C=O) groups excluding carboxylic acids is 1. The summed E-state index contributed by atoms with van der Waals surface area (Å²) in [5.41, 5.74) is 3.24. The van der Waals surface area contributed by atoms with E-state index in [-0.39, 0.29) is 18.1 Å². The third-order valence-electron chi connectivity index (χ3n) is 3.95. The molecular formula is C21H16BrN3O6. The van der Waals surface area contributed by atoms with Gasteiger partial charge in [-0.3, -0.25) is 14.9 Å². The molecular weight excluding hydrogens is 470 g/mol. The minimum Gasteiger partial charge on any atom is -0.490 e. The minimum absolute atomic E-state index is 0.0260. The van der Waals surface area contributed by atoms with Crippen LogP contribution in [0, 0.1) is 22.5 Å². The van der Waals surface area contributed by atoms with Gasteiger partial charge in [-0.2, -0.15) is 5.10 Å². The smallest absolute Gasteiger partial charge is 0.307 e. The average Bonchev–Trinajstić information content (AvgIpc) is 3.17. The summed E-state index contributed by atoms with van der Waals surface area (Å²) in [7, 11) is 0. The fraction of sp³-hybridized carbons (Fsp3) is 0.143. The zero-order valence-electron chi connectivity index (χ0n) is 16.3. The molecule has 10 heteroatoms. The third kappa shape index (κ3) is 5.21. The molecule has 3 aromatic rings. The third-order valence-corrected chi connectivity index (χ3v) is 4.53. The van der Waals surface area contributed by atoms with Gasteiger partial charge in [0, 0.05) is 17.5 Å². The highest BCUT2D eigenvalue weighted by Gasteiger charge is 2.15. The molecule has 0 aliphatic heterocycles. The van der Waals surface area contributed by atoms with Crippen molar-refractivity contribution in [1.82, 2.24) is 5.43 Å². The Morgan fingerprint density at radius 1 is 1.35 bits per heavy atom. The van der Waals surface area contributed by atoms with Gasteiger partial charge < -0.3 is 13.9 Å². The van der Waals surface area contributed by atoms with Crippen molar-refractivity contribution in [2.24, 2.45) is 5.10 Å². The van der Waals surface area contributed by atoms with Crippen molar-refractivity contribution in [2.75, 3.05) is 13.2 Å². The van der Waals surface area contributed by atoms with Crippen LogP contribution in [-0.4, -0.2) is 30.3 Å². The Kier molecular flexibility index (Phi) is 6.89. The second-order valence-electron chi connectivity index (χ2n) is 6.04. The zero-order valence-corrected chi connectivity index (χ0v) is 17.8. The maximum Gasteiger partial charge on any atom is 0.307 e. The van der Waals surface area contributed by atoms with Crippen LogP contribution in [0.4, 0.5) is 5.69 Å². The molecule has 0 radical (unpaired) electrons. The molecule has 2 aromatic carbocycles. The maximum absolute atomic E-state index is 12.3. The molecule has 3 rings (SSSR count). The highest BCUT2D eigenvalue weighted by Crippen LogP contribution is 2.36. The molecule has 1 N–H and O–H groups in total. The Bertz CT molecular complexity index is 1210. The molecule has 1 heterocycles. The van der Waals surface area contributed by atoms with Crippen molar-refractivity contribution in [1.29, 1.82) is 0 Å². The number of carbonyl (C=O) groups is 1. The van der Waals surface area contributed by atoms with Crippen LogP contribution < -0.4 is 14.9 Å². The zero-order chi connectivity index (χ0) is 22.4. The van der Waals surface area contributed by atoms with E-state index >= 15 is 0 Å². The molecule has 1 aromatic heterocycles. The summed E-state index contributed by atoms with van der Waals surface area (Å²) in [5.74, 6) is 2.70. The van der Waals surface area contributed by atoms with Crippen molar-refractivity contribution in [3.8, 4) is 23.8 Å². The van der Waals surface area contributed by atoms with Crippen LogP contribution in [0.15, 0.2) is 50.4 Å². The highest BCUT2D eigenvalue weighted by molar-refractivity contribution is 9.10. The predicted molar refractivity (Wildman–Crippen MR) is 118 cm³/mol. The standard InChI is InChI=1S/C21H16BrN3O6/c1-3-7-30-20-16(22)8-13(9-18(20)29-4-2)12-23-24-21(26)19-11-14-10-15(25(27)28)5-6-17(14)31-19/h1,5-6,8-12H,4,7H2,2H3,(H,24,26)/b23-12+. The van der Waals surface area contributed by atoms with Crippen LogP contribution in [0.5, 0.6) is 11.5 Å². The first-order valence-corrected chi connectivity index (χ1v) is 9.76. The van der Waals surface area contributed by atoms with Crippen LogP contribution in [-0.2, 0) is 0 Å². The fourth-order valence-electron chi connectivity index (χ4n) is 2.66. The maximum atomic E-state index is 12.3. The van der Waals surface area contributed by atoms with Crippen molar-refractivity contribution >= 4 is 44.7 Å². The molecule has 0 spiro atoms. The molecule has 0 saturated carbocycles. The summed E-state index contributed by atoms with van der Waals surface area (Å²) >= 11 is 3.41. The van der Waals surface area contributed by atoms with Gasteiger partial charge in [0.25, 0.3) is 5.69 Å². The van der Waals surface area contributed by atoms with E-state index in [0.717, 1.165) is 0 Å². The minimum atomic E-state index is -0.604. The van der Waals surface area contributed by atoms with Crippen LogP contribution in [0.25, 0.3) is 11.0 Å². The number of nitrogens with one attached hydrogen (secondary N) is 1. The number of fused-ring (bicyclic) bond motifs is 1. The van der Waals surface area contributed by atoms with Gasteiger partial charge >= 0.3 is 5.91 Å². The van der Waals surface area contributed by atoms with E-state index in [4.69, 9.17) is 20.3 Å². The normalized spacial score (nSPS) is 10.7. The summed E-state index contributed by atoms with van der Waals surface area (Å²) < 4.78 is 17.1. The number of nitro groups is 1. The largest absolute Gasteiger partial charge is 0.490 e. The van der Waals surface area contributed by atoms with Gasteiger partial charge in [-0.15, -0.1) is 6.42 Å². The van der Waals surface area contributed by atoms with Gasteiger partial charge in [-0.25, -0.2) is 5.43 Å². The summed E-state index contributed by atoms with van der Waals surface area (Å²) in [4.78, 5) is 22.7. The van der Waals surface area contributed by atoms with E-state index in [2.05, 4.69) is 32.4 Å². The first-order chi connectivity index (χ1) is 14.9. The summed E-state index contributed by atoms with van der Waals surface area (Å²) in [6.45, 7) is 2.34. The lowest BCUT2D eigenvalue weighted by molar-refractivity contribution is -0.384. The van der Waals surface area contributed by atoms with E-state index in [1.807, 2.05) is 6.92 Å². The highest BCUT2D eigenvalue weighted by atomic mass is 79.9. The second-order valence-corrected chi connectivity index (χ2v) is 6.90. The van der Waals surface area contributed by atoms with E-state index in [1.165, 1.54) is 30.5 Å². The number of terminal acetylenes is 1. The first-order valence-electron chi connectivity index (χ1n) is 8.97. The summed E-state index contributed by atoms with van der Waals surface area (Å²) in [6, 6.07) is 8.89. The Morgan fingerprint density at radius 3 is 2.87 bits per heavy atom. The molecule has 9 nitrogen and oxygen atoms in total. The molecule has 0 bridgehead atoms. The van der Waals surface area contributed by atoms with Crippen molar-refractivity contribution in [3.63, 3.8) is 0 Å². The second kappa shape index (κ2) is 9.77. The summed E-state index contributed by atoms with van der Waals surface area (Å²) in [6.07, 6.45) is 6.66. The molecule has 0 aliphatic carbocycles. The number of non-ortho nitro benzene ring substituents is 1. The van der Waals surface area contributed by atoms with Crippen molar-refractivity contribution in [3.05, 3.63) is 62.3 Å². The molecule has 1 amide bonds. The Morgan fingerprint density at radius 2 is 2.16 bits per heavy atom. The Hall–Kier alpha value is -3.84. The Balaban J connectivity index is 1.75. The van der Waals surface area contributed by atoms with E-state index in [0.29, 0.717) is 39.1 Å². The van der Waals surface area contributed by atoms with Gasteiger partial charge in [0.1, 0.15) is 12.2 Å². The number of furan rings is 1. The van der Waals surface area contributed by atoms with Crippen LogP contribution in [0.1, 0.15) is 23.0 Å². The lowest BCUT2D eigenvalue weighted by atomic mass is 10.2. The monoisotopic (exact) mass is 485 g/mol. The number of nitrogens with zero attached hydrogens (tertiary/aromatic N) is 2. The lowest BCUT2D eigenvalue weighted by Crippen LogP contribution is -2.16. The van der Waals surface area contributed by atoms with E-state index < -0.39 is 10.8 Å². The van der Waals surface area contributed by atoms with Gasteiger partial charge in [-0.1, -0.05) is 5.92 Å². The molecule has 0 saturated heterocycles. The molecule has 0 fully saturated rings. The number of benzene rings is 2. The number of halogens is 1. The van der Waals surface area contributed by atoms with Gasteiger partial charge in [0.2, 0.25) is 0 Å². The topological polar surface area (TPSA) is 116 Å². The van der Waals surface area contributed by atoms with Crippen molar-refractivity contribution < 1.29 is 23.6 Å². The summed E-state index contributed by atoms with van der Waals surface area (Å²) in [5, 5.41) is 15.2. The lowest BCUT2D eigenvalue weighted by Gasteiger charge is -2.13. The van der Waals surface area contributed by atoms with Crippen molar-refractivity contribution in [2.45, 2.75) is 6.92 Å². The van der Waals surface area contributed by atoms with E-state index in [1.54, 1.807) is 12.1 Å². The van der Waals surface area contributed by atoms with Gasteiger partial charge in [0.05, 0.1) is 22.2 Å². The number of nitro benzene ring substituents is 1. The molecule has 0 atom stereocenters. The van der Waals surface area contributed by atoms with E-state index in [9.17, 15) is 14.9 Å². The van der Waals surface area contributed by atoms with Crippen LogP contribution in [0.3, 0.4) is 0 Å².